The van der Waals surface area contributed by atoms with E-state index in [4.69, 9.17) is 4.74 Å². The quantitative estimate of drug-likeness (QED) is 0.307. The van der Waals surface area contributed by atoms with Gasteiger partial charge in [-0.25, -0.2) is 4.39 Å². The molecule has 1 aliphatic heterocycles. The van der Waals surface area contributed by atoms with Gasteiger partial charge in [-0.3, -0.25) is 9.59 Å². The molecular formula is C27H24FNO4. The Labute approximate surface area is 191 Å². The minimum Gasteiger partial charge on any atom is -0.507 e. The summed E-state index contributed by atoms with van der Waals surface area (Å²) in [5.41, 5.74) is 1.15. The van der Waals surface area contributed by atoms with Crippen LogP contribution < -0.4 is 4.74 Å². The number of nitrogens with zero attached hydrogens (tertiary/aromatic N) is 1. The SMILES string of the molecule is CCCOc1ccc(C(O)=C2C(=O)C(=O)N(Cc3ccccc3)C2c2ccccc2F)cc1. The zero-order valence-corrected chi connectivity index (χ0v) is 18.2. The topological polar surface area (TPSA) is 66.8 Å². The molecule has 3 aromatic rings. The molecule has 0 radical (unpaired) electrons. The van der Waals surface area contributed by atoms with Crippen LogP contribution in [0.3, 0.4) is 0 Å². The molecule has 0 saturated carbocycles. The van der Waals surface area contributed by atoms with Crippen LogP contribution in [0.25, 0.3) is 5.76 Å². The van der Waals surface area contributed by atoms with Crippen molar-refractivity contribution >= 4 is 17.4 Å². The first-order chi connectivity index (χ1) is 16.0. The number of halogens is 1. The van der Waals surface area contributed by atoms with Crippen LogP contribution in [0.1, 0.15) is 36.1 Å². The van der Waals surface area contributed by atoms with E-state index >= 15 is 0 Å². The minimum atomic E-state index is -1.05. The Balaban J connectivity index is 1.80. The van der Waals surface area contributed by atoms with Gasteiger partial charge in [0, 0.05) is 17.7 Å². The second-order valence-electron chi connectivity index (χ2n) is 7.81. The molecule has 0 aromatic heterocycles. The van der Waals surface area contributed by atoms with E-state index in [1.54, 1.807) is 30.3 Å². The molecule has 0 aliphatic carbocycles. The van der Waals surface area contributed by atoms with Crippen LogP contribution in [0.2, 0.25) is 0 Å². The van der Waals surface area contributed by atoms with Crippen LogP contribution in [-0.4, -0.2) is 28.3 Å². The van der Waals surface area contributed by atoms with E-state index in [1.807, 2.05) is 37.3 Å². The van der Waals surface area contributed by atoms with Crippen molar-refractivity contribution in [3.8, 4) is 5.75 Å². The molecule has 1 saturated heterocycles. The molecule has 1 N–H and O–H groups in total. The van der Waals surface area contributed by atoms with Crippen LogP contribution in [0.15, 0.2) is 84.4 Å². The Kier molecular flexibility index (Phi) is 6.54. The Morgan fingerprint density at radius 3 is 2.30 bits per heavy atom. The highest BCUT2D eigenvalue weighted by Gasteiger charge is 2.46. The Bertz CT molecular complexity index is 1190. The number of carbonyl (C=O) groups is 2. The Hall–Kier alpha value is -3.93. The van der Waals surface area contributed by atoms with Gasteiger partial charge >= 0.3 is 0 Å². The molecule has 3 aromatic carbocycles. The lowest BCUT2D eigenvalue weighted by Crippen LogP contribution is -2.29. The number of hydrogen-bond donors (Lipinski definition) is 1. The summed E-state index contributed by atoms with van der Waals surface area (Å²) < 4.78 is 20.4. The predicted molar refractivity (Wildman–Crippen MR) is 123 cm³/mol. The van der Waals surface area contributed by atoms with Crippen LogP contribution in [0.5, 0.6) is 5.75 Å². The highest BCUT2D eigenvalue weighted by molar-refractivity contribution is 6.46. The van der Waals surface area contributed by atoms with Gasteiger partial charge in [0.1, 0.15) is 17.3 Å². The fraction of sp³-hybridized carbons (Fsp3) is 0.185. The standard InChI is InChI=1S/C27H24FNO4/c1-2-16-33-20-14-12-19(13-15-20)25(30)23-24(21-10-6-7-11-22(21)28)29(27(32)26(23)31)17-18-8-4-3-5-9-18/h3-15,24,30H,2,16-17H2,1H3. The molecule has 1 fully saturated rings. The van der Waals surface area contributed by atoms with Crippen molar-refractivity contribution in [2.45, 2.75) is 25.9 Å². The highest BCUT2D eigenvalue weighted by Crippen LogP contribution is 2.41. The van der Waals surface area contributed by atoms with Gasteiger partial charge in [0.15, 0.2) is 0 Å². The van der Waals surface area contributed by atoms with E-state index in [1.165, 1.54) is 23.1 Å². The van der Waals surface area contributed by atoms with Gasteiger partial charge in [-0.1, -0.05) is 55.5 Å². The molecule has 0 bridgehead atoms. The van der Waals surface area contributed by atoms with E-state index < -0.39 is 23.5 Å². The molecule has 6 heteroatoms. The maximum Gasteiger partial charge on any atom is 0.295 e. The summed E-state index contributed by atoms with van der Waals surface area (Å²) in [5.74, 6) is -1.90. The number of likely N-dealkylation sites (tertiary alicyclic amines) is 1. The third-order valence-corrected chi connectivity index (χ3v) is 5.54. The molecule has 0 spiro atoms. The lowest BCUT2D eigenvalue weighted by atomic mass is 9.94. The maximum atomic E-state index is 14.8. The van der Waals surface area contributed by atoms with Crippen molar-refractivity contribution in [2.24, 2.45) is 0 Å². The third kappa shape index (κ3) is 4.51. The Morgan fingerprint density at radius 1 is 0.970 bits per heavy atom. The van der Waals surface area contributed by atoms with E-state index in [0.717, 1.165) is 12.0 Å². The van der Waals surface area contributed by atoms with Crippen molar-refractivity contribution in [1.29, 1.82) is 0 Å². The van der Waals surface area contributed by atoms with Crippen molar-refractivity contribution in [3.63, 3.8) is 0 Å². The van der Waals surface area contributed by atoms with E-state index in [9.17, 15) is 19.1 Å². The van der Waals surface area contributed by atoms with E-state index in [-0.39, 0.29) is 23.4 Å². The van der Waals surface area contributed by atoms with Gasteiger partial charge < -0.3 is 14.7 Å². The number of benzene rings is 3. The van der Waals surface area contributed by atoms with Gasteiger partial charge in [-0.2, -0.15) is 0 Å². The van der Waals surface area contributed by atoms with E-state index in [2.05, 4.69) is 0 Å². The number of aliphatic hydroxyl groups is 1. The maximum absolute atomic E-state index is 14.8. The summed E-state index contributed by atoms with van der Waals surface area (Å²) in [6.45, 7) is 2.66. The summed E-state index contributed by atoms with van der Waals surface area (Å²) in [6.07, 6.45) is 0.856. The van der Waals surface area contributed by atoms with Gasteiger partial charge in [0.25, 0.3) is 11.7 Å². The number of aliphatic hydroxyl groups excluding tert-OH is 1. The number of ether oxygens (including phenoxy) is 1. The van der Waals surface area contributed by atoms with Crippen LogP contribution in [-0.2, 0) is 16.1 Å². The lowest BCUT2D eigenvalue weighted by molar-refractivity contribution is -0.140. The number of ketones is 1. The molecule has 1 atom stereocenters. The van der Waals surface area contributed by atoms with Crippen molar-refractivity contribution in [1.82, 2.24) is 4.90 Å². The first-order valence-corrected chi connectivity index (χ1v) is 10.8. The molecular weight excluding hydrogens is 421 g/mol. The third-order valence-electron chi connectivity index (χ3n) is 5.54. The second-order valence-corrected chi connectivity index (χ2v) is 7.81. The van der Waals surface area contributed by atoms with Crippen LogP contribution in [0.4, 0.5) is 4.39 Å². The smallest absolute Gasteiger partial charge is 0.295 e. The fourth-order valence-corrected chi connectivity index (χ4v) is 3.93. The molecule has 1 amide bonds. The minimum absolute atomic E-state index is 0.102. The summed E-state index contributed by atoms with van der Waals surface area (Å²) in [5, 5.41) is 11.1. The molecule has 1 aliphatic rings. The van der Waals surface area contributed by atoms with Crippen molar-refractivity contribution in [3.05, 3.63) is 107 Å². The lowest BCUT2D eigenvalue weighted by Gasteiger charge is -2.25. The average molecular weight is 445 g/mol. The normalized spacial score (nSPS) is 17.4. The zero-order valence-electron chi connectivity index (χ0n) is 18.2. The van der Waals surface area contributed by atoms with Gasteiger partial charge in [0.05, 0.1) is 18.2 Å². The largest absolute Gasteiger partial charge is 0.507 e. The molecule has 4 rings (SSSR count). The highest BCUT2D eigenvalue weighted by atomic mass is 19.1. The molecule has 5 nitrogen and oxygen atoms in total. The number of Topliss-reactive ketones (excluding diaryl/α,β-unsaturated/α-hetero) is 1. The molecule has 1 heterocycles. The summed E-state index contributed by atoms with van der Waals surface area (Å²) >= 11 is 0. The average Bonchev–Trinajstić information content (AvgIpc) is 3.08. The number of rotatable bonds is 7. The monoisotopic (exact) mass is 445 g/mol. The first kappa shape index (κ1) is 22.3. The number of hydrogen-bond acceptors (Lipinski definition) is 4. The van der Waals surface area contributed by atoms with Gasteiger partial charge in [-0.05, 0) is 42.3 Å². The summed E-state index contributed by atoms with van der Waals surface area (Å²) in [7, 11) is 0. The van der Waals surface area contributed by atoms with E-state index in [0.29, 0.717) is 17.9 Å². The van der Waals surface area contributed by atoms with Gasteiger partial charge in [-0.15, -0.1) is 0 Å². The molecule has 33 heavy (non-hydrogen) atoms. The number of carbonyl (C=O) groups excluding carboxylic acids is 2. The predicted octanol–water partition coefficient (Wildman–Crippen LogP) is 5.24. The van der Waals surface area contributed by atoms with Crippen LogP contribution in [0, 0.1) is 5.82 Å². The Morgan fingerprint density at radius 2 is 1.64 bits per heavy atom. The fourth-order valence-electron chi connectivity index (χ4n) is 3.93. The summed E-state index contributed by atoms with van der Waals surface area (Å²) in [4.78, 5) is 27.4. The van der Waals surface area contributed by atoms with Crippen molar-refractivity contribution in [2.75, 3.05) is 6.61 Å². The molecule has 168 valence electrons. The summed E-state index contributed by atoms with van der Waals surface area (Å²) in [6, 6.07) is 20.7. The van der Waals surface area contributed by atoms with Gasteiger partial charge in [0.2, 0.25) is 0 Å². The van der Waals surface area contributed by atoms with Crippen LogP contribution >= 0.6 is 0 Å². The second kappa shape index (κ2) is 9.69. The zero-order chi connectivity index (χ0) is 23.4. The number of amides is 1. The van der Waals surface area contributed by atoms with Crippen molar-refractivity contribution < 1.29 is 23.8 Å². The molecule has 1 unspecified atom stereocenters. The first-order valence-electron chi connectivity index (χ1n) is 10.8.